The van der Waals surface area contributed by atoms with E-state index < -0.39 is 0 Å². The number of hydrogen-bond donors (Lipinski definition) is 0. The second kappa shape index (κ2) is 6.02. The molecule has 0 aliphatic rings. The molecule has 0 fully saturated rings. The SMILES string of the molecule is O=Cc1c(-c2ccc(Cl)cc2)nn(-c2ccc(F)cc2)c1Br. The van der Waals surface area contributed by atoms with Gasteiger partial charge in [0.2, 0.25) is 0 Å². The van der Waals surface area contributed by atoms with Gasteiger partial charge < -0.3 is 0 Å². The van der Waals surface area contributed by atoms with Gasteiger partial charge in [0.05, 0.1) is 11.3 Å². The molecule has 3 rings (SSSR count). The summed E-state index contributed by atoms with van der Waals surface area (Å²) in [5, 5.41) is 5.06. The fourth-order valence-corrected chi connectivity index (χ4v) is 2.78. The second-order valence-corrected chi connectivity index (χ2v) is 5.75. The van der Waals surface area contributed by atoms with Crippen molar-refractivity contribution >= 4 is 33.8 Å². The molecule has 0 saturated carbocycles. The van der Waals surface area contributed by atoms with Crippen LogP contribution in [0.3, 0.4) is 0 Å². The van der Waals surface area contributed by atoms with Gasteiger partial charge in [0.15, 0.2) is 6.29 Å². The molecule has 22 heavy (non-hydrogen) atoms. The predicted octanol–water partition coefficient (Wildman–Crippen LogP) is 4.91. The lowest BCUT2D eigenvalue weighted by atomic mass is 10.1. The van der Waals surface area contributed by atoms with Crippen LogP contribution < -0.4 is 0 Å². The Balaban J connectivity index is 2.16. The summed E-state index contributed by atoms with van der Waals surface area (Å²) in [6, 6.07) is 12.9. The number of carbonyl (C=O) groups is 1. The highest BCUT2D eigenvalue weighted by Gasteiger charge is 2.18. The van der Waals surface area contributed by atoms with Crippen LogP contribution in [0.2, 0.25) is 5.02 Å². The molecule has 0 spiro atoms. The number of nitrogens with zero attached hydrogens (tertiary/aromatic N) is 2. The molecule has 0 bridgehead atoms. The first kappa shape index (κ1) is 14.9. The van der Waals surface area contributed by atoms with Crippen LogP contribution in [0.5, 0.6) is 0 Å². The van der Waals surface area contributed by atoms with E-state index in [2.05, 4.69) is 21.0 Å². The maximum atomic E-state index is 13.0. The molecule has 3 aromatic rings. The first-order chi connectivity index (χ1) is 10.6. The van der Waals surface area contributed by atoms with Crippen molar-refractivity contribution in [1.82, 2.24) is 9.78 Å². The quantitative estimate of drug-likeness (QED) is 0.606. The minimum atomic E-state index is -0.333. The number of carbonyl (C=O) groups excluding carboxylic acids is 1. The Morgan fingerprint density at radius 1 is 1.09 bits per heavy atom. The maximum absolute atomic E-state index is 13.0. The van der Waals surface area contributed by atoms with Crippen LogP contribution in [0.15, 0.2) is 53.1 Å². The predicted molar refractivity (Wildman–Crippen MR) is 87.1 cm³/mol. The molecule has 0 aliphatic heterocycles. The van der Waals surface area contributed by atoms with E-state index in [1.165, 1.54) is 12.1 Å². The molecule has 0 saturated heterocycles. The molecule has 0 radical (unpaired) electrons. The van der Waals surface area contributed by atoms with E-state index in [4.69, 9.17) is 11.6 Å². The Labute approximate surface area is 139 Å². The van der Waals surface area contributed by atoms with Crippen LogP contribution in [0.25, 0.3) is 16.9 Å². The highest BCUT2D eigenvalue weighted by Crippen LogP contribution is 2.30. The van der Waals surface area contributed by atoms with Crippen molar-refractivity contribution in [3.63, 3.8) is 0 Å². The van der Waals surface area contributed by atoms with Crippen LogP contribution >= 0.6 is 27.5 Å². The largest absolute Gasteiger partial charge is 0.298 e. The number of aldehydes is 1. The standard InChI is InChI=1S/C16H9BrClFN2O/c17-16-14(9-22)15(10-1-3-11(18)4-2-10)20-21(16)13-7-5-12(19)6-8-13/h1-9H. The van der Waals surface area contributed by atoms with Crippen molar-refractivity contribution in [3.8, 4) is 16.9 Å². The lowest BCUT2D eigenvalue weighted by molar-refractivity contribution is 0.112. The zero-order valence-electron chi connectivity index (χ0n) is 11.1. The fourth-order valence-electron chi connectivity index (χ4n) is 2.09. The van der Waals surface area contributed by atoms with Crippen LogP contribution in [0.1, 0.15) is 10.4 Å². The molecular weight excluding hydrogens is 371 g/mol. The molecule has 1 aromatic heterocycles. The molecule has 1 heterocycles. The van der Waals surface area contributed by atoms with Gasteiger partial charge in [-0.05, 0) is 52.3 Å². The Hall–Kier alpha value is -1.98. The summed E-state index contributed by atoms with van der Waals surface area (Å²) in [5.74, 6) is -0.333. The summed E-state index contributed by atoms with van der Waals surface area (Å²) >= 11 is 9.26. The van der Waals surface area contributed by atoms with E-state index in [0.717, 1.165) is 11.8 Å². The third kappa shape index (κ3) is 2.69. The third-order valence-corrected chi connectivity index (χ3v) is 4.19. The van der Waals surface area contributed by atoms with Gasteiger partial charge in [-0.15, -0.1) is 0 Å². The van der Waals surface area contributed by atoms with Crippen molar-refractivity contribution in [2.75, 3.05) is 0 Å². The van der Waals surface area contributed by atoms with Crippen molar-refractivity contribution in [2.45, 2.75) is 0 Å². The van der Waals surface area contributed by atoms with Crippen LogP contribution in [0, 0.1) is 5.82 Å². The summed E-state index contributed by atoms with van der Waals surface area (Å²) in [5.41, 5.74) is 2.37. The molecular formula is C16H9BrClFN2O. The van der Waals surface area contributed by atoms with Gasteiger partial charge in [0, 0.05) is 10.6 Å². The maximum Gasteiger partial charge on any atom is 0.155 e. The second-order valence-electron chi connectivity index (χ2n) is 4.57. The van der Waals surface area contributed by atoms with E-state index in [0.29, 0.717) is 26.6 Å². The Bertz CT molecular complexity index is 829. The molecule has 110 valence electrons. The first-order valence-electron chi connectivity index (χ1n) is 6.35. The lowest BCUT2D eigenvalue weighted by Crippen LogP contribution is -1.97. The van der Waals surface area contributed by atoms with Gasteiger partial charge in [-0.1, -0.05) is 23.7 Å². The first-order valence-corrected chi connectivity index (χ1v) is 7.53. The molecule has 3 nitrogen and oxygen atoms in total. The average molecular weight is 380 g/mol. The van der Waals surface area contributed by atoms with Crippen molar-refractivity contribution in [1.29, 1.82) is 0 Å². The topological polar surface area (TPSA) is 34.9 Å². The lowest BCUT2D eigenvalue weighted by Gasteiger charge is -2.02. The van der Waals surface area contributed by atoms with Gasteiger partial charge in [0.25, 0.3) is 0 Å². The van der Waals surface area contributed by atoms with Crippen molar-refractivity contribution < 1.29 is 9.18 Å². The van der Waals surface area contributed by atoms with E-state index in [1.54, 1.807) is 41.1 Å². The minimum Gasteiger partial charge on any atom is -0.298 e. The Kier molecular flexibility index (Phi) is 4.09. The number of hydrogen-bond acceptors (Lipinski definition) is 2. The number of halogens is 3. The van der Waals surface area contributed by atoms with Crippen LogP contribution in [-0.2, 0) is 0 Å². The fraction of sp³-hybridized carbons (Fsp3) is 0. The summed E-state index contributed by atoms with van der Waals surface area (Å²) in [4.78, 5) is 11.4. The van der Waals surface area contributed by atoms with Gasteiger partial charge in [-0.25, -0.2) is 9.07 Å². The van der Waals surface area contributed by atoms with Crippen molar-refractivity contribution in [3.05, 3.63) is 69.5 Å². The summed E-state index contributed by atoms with van der Waals surface area (Å²) in [6.45, 7) is 0. The smallest absolute Gasteiger partial charge is 0.155 e. The van der Waals surface area contributed by atoms with Crippen LogP contribution in [-0.4, -0.2) is 16.1 Å². The molecule has 6 heteroatoms. The van der Waals surface area contributed by atoms with Crippen molar-refractivity contribution in [2.24, 2.45) is 0 Å². The molecule has 0 aliphatic carbocycles. The van der Waals surface area contributed by atoms with E-state index >= 15 is 0 Å². The van der Waals surface area contributed by atoms with Gasteiger partial charge >= 0.3 is 0 Å². The highest BCUT2D eigenvalue weighted by atomic mass is 79.9. The molecule has 2 aromatic carbocycles. The van der Waals surface area contributed by atoms with Crippen LogP contribution in [0.4, 0.5) is 4.39 Å². The number of rotatable bonds is 3. The molecule has 0 amide bonds. The van der Waals surface area contributed by atoms with E-state index in [9.17, 15) is 9.18 Å². The number of benzene rings is 2. The molecule has 0 unspecified atom stereocenters. The average Bonchev–Trinajstić information content (AvgIpc) is 2.85. The summed E-state index contributed by atoms with van der Waals surface area (Å²) in [6.07, 6.45) is 0.737. The molecule has 0 N–H and O–H groups in total. The van der Waals surface area contributed by atoms with Gasteiger partial charge in [-0.3, -0.25) is 4.79 Å². The zero-order valence-corrected chi connectivity index (χ0v) is 13.5. The summed E-state index contributed by atoms with van der Waals surface area (Å²) in [7, 11) is 0. The van der Waals surface area contributed by atoms with E-state index in [1.807, 2.05) is 0 Å². The van der Waals surface area contributed by atoms with Gasteiger partial charge in [-0.2, -0.15) is 5.10 Å². The van der Waals surface area contributed by atoms with E-state index in [-0.39, 0.29) is 5.82 Å². The highest BCUT2D eigenvalue weighted by molar-refractivity contribution is 9.10. The Morgan fingerprint density at radius 3 is 2.32 bits per heavy atom. The van der Waals surface area contributed by atoms with Gasteiger partial charge in [0.1, 0.15) is 16.1 Å². The number of aromatic nitrogens is 2. The minimum absolute atomic E-state index is 0.333. The normalized spacial score (nSPS) is 10.7. The monoisotopic (exact) mass is 378 g/mol. The Morgan fingerprint density at radius 2 is 1.73 bits per heavy atom. The third-order valence-electron chi connectivity index (χ3n) is 3.17. The molecule has 0 atom stereocenters. The zero-order chi connectivity index (χ0) is 15.7. The summed E-state index contributed by atoms with van der Waals surface area (Å²) < 4.78 is 15.1.